The fraction of sp³-hybridized carbons (Fsp3) is 0.0556. The third-order valence-electron chi connectivity index (χ3n) is 9.84. The van der Waals surface area contributed by atoms with Crippen molar-refractivity contribution < 1.29 is 20.1 Å². The van der Waals surface area contributed by atoms with Gasteiger partial charge in [-0.1, -0.05) is 146 Å². The smallest absolute Gasteiger partial charge is 0.256 e. The van der Waals surface area contributed by atoms with Crippen molar-refractivity contribution in [3.05, 3.63) is 235 Å². The van der Waals surface area contributed by atoms with Gasteiger partial charge in [-0.2, -0.15) is 0 Å². The van der Waals surface area contributed by atoms with Crippen molar-refractivity contribution >= 4 is 0 Å². The summed E-state index contributed by atoms with van der Waals surface area (Å²) < 4.78 is 0. The normalized spacial score (nSPS) is 10.2. The van der Waals surface area contributed by atoms with Gasteiger partial charge in [-0.05, 0) is 125 Å². The third-order valence-corrected chi connectivity index (χ3v) is 9.84. The molecule has 282 valence electrons. The summed E-state index contributed by atoms with van der Waals surface area (Å²) in [4.78, 5) is 13.2. The van der Waals surface area contributed by atoms with Crippen molar-refractivity contribution in [1.29, 1.82) is 0 Å². The Hall–Kier alpha value is -6.58. The van der Waals surface area contributed by atoms with E-state index in [0.717, 1.165) is 33.8 Å². The van der Waals surface area contributed by atoms with Crippen molar-refractivity contribution in [2.75, 3.05) is 0 Å². The molecule has 3 nitrogen and oxygen atoms in total. The van der Waals surface area contributed by atoms with Crippen LogP contribution in [0.2, 0.25) is 0 Å². The molecule has 9 aromatic rings. The Bertz CT molecular complexity index is 2360. The monoisotopic (exact) mass is 928 g/mol. The first-order chi connectivity index (χ1) is 28.0. The van der Waals surface area contributed by atoms with E-state index < -0.39 is 0 Å². The molecule has 3 aromatic heterocycles. The van der Waals surface area contributed by atoms with Crippen LogP contribution in [0.5, 0.6) is 0 Å². The van der Waals surface area contributed by atoms with Crippen LogP contribution < -0.4 is 0 Å². The molecule has 4 heteroatoms. The number of aromatic nitrogens is 3. The van der Waals surface area contributed by atoms with Gasteiger partial charge >= 0.3 is 20.1 Å². The largest absolute Gasteiger partial charge is 3.00 e. The van der Waals surface area contributed by atoms with Gasteiger partial charge in [0.2, 0.25) is 0 Å². The van der Waals surface area contributed by atoms with E-state index in [9.17, 15) is 0 Å². The van der Waals surface area contributed by atoms with Gasteiger partial charge in [-0.25, -0.2) is 0 Å². The first kappa shape index (κ1) is 41.1. The molecule has 0 N–H and O–H groups in total. The van der Waals surface area contributed by atoms with Gasteiger partial charge in [-0.3, -0.25) is 15.0 Å². The molecule has 58 heavy (non-hydrogen) atoms. The van der Waals surface area contributed by atoms with E-state index in [2.05, 4.69) is 181 Å². The maximum absolute atomic E-state index is 4.41. The standard InChI is InChI=1S/3C18H15N.Ir/c3*1-14-7-2-3-10-17(14)15-8-6-9-16(13-15)18-11-4-5-12-19-18;/h3*2-13H,1H3;/q;;;+3. The quantitative estimate of drug-likeness (QED) is 0.167. The number of pyridine rings is 3. The van der Waals surface area contributed by atoms with E-state index in [1.807, 2.05) is 73.2 Å². The van der Waals surface area contributed by atoms with Crippen LogP contribution in [0, 0.1) is 20.8 Å². The molecular formula is C54H45IrN3+3. The molecule has 0 fully saturated rings. The van der Waals surface area contributed by atoms with Crippen LogP contribution >= 0.6 is 0 Å². The predicted octanol–water partition coefficient (Wildman–Crippen LogP) is 14.2. The Morgan fingerprint density at radius 2 is 0.517 bits per heavy atom. The summed E-state index contributed by atoms with van der Waals surface area (Å²) in [5, 5.41) is 0. The summed E-state index contributed by atoms with van der Waals surface area (Å²) in [6.07, 6.45) is 5.49. The molecule has 0 spiro atoms. The second-order valence-corrected chi connectivity index (χ2v) is 13.8. The fourth-order valence-electron chi connectivity index (χ4n) is 6.83. The van der Waals surface area contributed by atoms with E-state index >= 15 is 0 Å². The summed E-state index contributed by atoms with van der Waals surface area (Å²) in [5.41, 5.74) is 17.9. The molecule has 0 unspecified atom stereocenters. The summed E-state index contributed by atoms with van der Waals surface area (Å²) in [6.45, 7) is 6.42. The maximum Gasteiger partial charge on any atom is 3.00 e. The van der Waals surface area contributed by atoms with Crippen molar-refractivity contribution in [2.24, 2.45) is 0 Å². The number of benzene rings is 6. The third kappa shape index (κ3) is 10.6. The zero-order valence-electron chi connectivity index (χ0n) is 33.0. The minimum absolute atomic E-state index is 0. The minimum Gasteiger partial charge on any atom is -0.256 e. The second kappa shape index (κ2) is 20.5. The topological polar surface area (TPSA) is 38.7 Å². The Labute approximate surface area is 356 Å². The molecule has 0 aliphatic heterocycles. The summed E-state index contributed by atoms with van der Waals surface area (Å²) in [7, 11) is 0. The van der Waals surface area contributed by atoms with Gasteiger partial charge in [0.05, 0.1) is 17.1 Å². The van der Waals surface area contributed by atoms with Gasteiger partial charge in [0.1, 0.15) is 0 Å². The first-order valence-corrected chi connectivity index (χ1v) is 19.3. The Balaban J connectivity index is 0.000000145. The summed E-state index contributed by atoms with van der Waals surface area (Å²) in [5.74, 6) is 0. The van der Waals surface area contributed by atoms with Crippen molar-refractivity contribution in [3.8, 4) is 67.2 Å². The predicted molar refractivity (Wildman–Crippen MR) is 240 cm³/mol. The zero-order chi connectivity index (χ0) is 39.2. The van der Waals surface area contributed by atoms with Crippen LogP contribution in [-0.4, -0.2) is 15.0 Å². The summed E-state index contributed by atoms with van der Waals surface area (Å²) in [6, 6.07) is 68.9. The molecule has 0 saturated carbocycles. The number of hydrogen-bond donors (Lipinski definition) is 0. The summed E-state index contributed by atoms with van der Waals surface area (Å²) >= 11 is 0. The maximum atomic E-state index is 4.41. The van der Waals surface area contributed by atoms with Gasteiger partial charge in [0, 0.05) is 35.3 Å². The Morgan fingerprint density at radius 1 is 0.259 bits per heavy atom. The number of hydrogen-bond acceptors (Lipinski definition) is 3. The average molecular weight is 928 g/mol. The molecule has 0 radical (unpaired) electrons. The average Bonchev–Trinajstić information content (AvgIpc) is 3.28. The fourth-order valence-corrected chi connectivity index (χ4v) is 6.83. The molecule has 3 heterocycles. The van der Waals surface area contributed by atoms with Crippen LogP contribution in [0.3, 0.4) is 0 Å². The van der Waals surface area contributed by atoms with Gasteiger partial charge in [0.15, 0.2) is 0 Å². The van der Waals surface area contributed by atoms with Gasteiger partial charge < -0.3 is 0 Å². The molecule has 0 atom stereocenters. The van der Waals surface area contributed by atoms with Crippen LogP contribution in [0.1, 0.15) is 16.7 Å². The molecule has 0 saturated heterocycles. The molecule has 6 aromatic carbocycles. The number of nitrogens with zero attached hydrogens (tertiary/aromatic N) is 3. The molecule has 0 amide bonds. The second-order valence-electron chi connectivity index (χ2n) is 13.8. The van der Waals surface area contributed by atoms with Crippen molar-refractivity contribution in [3.63, 3.8) is 0 Å². The van der Waals surface area contributed by atoms with Crippen LogP contribution in [0.4, 0.5) is 0 Å². The number of rotatable bonds is 6. The number of aryl methyl sites for hydroxylation is 3. The van der Waals surface area contributed by atoms with E-state index in [4.69, 9.17) is 0 Å². The van der Waals surface area contributed by atoms with Crippen LogP contribution in [0.15, 0.2) is 219 Å². The van der Waals surface area contributed by atoms with E-state index in [-0.39, 0.29) is 20.1 Å². The van der Waals surface area contributed by atoms with Crippen molar-refractivity contribution in [1.82, 2.24) is 15.0 Å². The molecule has 0 aliphatic carbocycles. The molecule has 0 bridgehead atoms. The van der Waals surface area contributed by atoms with Crippen molar-refractivity contribution in [2.45, 2.75) is 20.8 Å². The van der Waals surface area contributed by atoms with E-state index in [0.29, 0.717) is 0 Å². The zero-order valence-corrected chi connectivity index (χ0v) is 35.4. The molecular weight excluding hydrogens is 883 g/mol. The van der Waals surface area contributed by atoms with E-state index in [1.165, 1.54) is 50.1 Å². The SMILES string of the molecule is Cc1ccccc1-c1cccc(-c2ccccn2)c1.Cc1ccccc1-c1cccc(-c2ccccn2)c1.Cc1ccccc1-c1cccc(-c2ccccn2)c1.[Ir+3]. The van der Waals surface area contributed by atoms with Crippen LogP contribution in [0.25, 0.3) is 67.2 Å². The molecule has 9 rings (SSSR count). The van der Waals surface area contributed by atoms with Gasteiger partial charge in [0.25, 0.3) is 0 Å². The Morgan fingerprint density at radius 3 is 0.776 bits per heavy atom. The Kier molecular flexibility index (Phi) is 14.5. The van der Waals surface area contributed by atoms with Gasteiger partial charge in [-0.15, -0.1) is 0 Å². The minimum atomic E-state index is 0. The van der Waals surface area contributed by atoms with E-state index in [1.54, 1.807) is 0 Å². The first-order valence-electron chi connectivity index (χ1n) is 19.3. The van der Waals surface area contributed by atoms with Crippen LogP contribution in [-0.2, 0) is 20.1 Å². The molecule has 0 aliphatic rings.